The molecule has 0 aliphatic carbocycles. The van der Waals surface area contributed by atoms with Crippen LogP contribution >= 0.6 is 0 Å². The van der Waals surface area contributed by atoms with Crippen LogP contribution in [0.4, 0.5) is 0 Å². The van der Waals surface area contributed by atoms with Gasteiger partial charge in [-0.25, -0.2) is 9.97 Å². The van der Waals surface area contributed by atoms with Crippen molar-refractivity contribution in [1.29, 1.82) is 0 Å². The zero-order chi connectivity index (χ0) is 31.2. The summed E-state index contributed by atoms with van der Waals surface area (Å²) in [5.41, 5.74) is 3.86. The minimum Gasteiger partial charge on any atom is -0.264 e. The number of pyridine rings is 4. The van der Waals surface area contributed by atoms with Gasteiger partial charge in [0.2, 0.25) is 0 Å². The van der Waals surface area contributed by atoms with Gasteiger partial charge < -0.3 is 0 Å². The number of para-hydroxylation sites is 1. The van der Waals surface area contributed by atoms with Crippen LogP contribution in [0, 0.1) is 13.8 Å². The number of sulfonamides is 2. The van der Waals surface area contributed by atoms with Crippen molar-refractivity contribution in [3.8, 4) is 0 Å². The van der Waals surface area contributed by atoms with Gasteiger partial charge >= 0.3 is 0 Å². The van der Waals surface area contributed by atoms with Crippen molar-refractivity contribution < 1.29 is 16.8 Å². The maximum absolute atomic E-state index is 12.2. The molecule has 12 heteroatoms. The minimum atomic E-state index is -3.81. The highest BCUT2D eigenvalue weighted by Crippen LogP contribution is 2.18. The molecule has 0 N–H and O–H groups in total. The van der Waals surface area contributed by atoms with Gasteiger partial charge in [0.1, 0.15) is 0 Å². The standard InChI is InChI=1S/2C16H13N3O2S/c1-12-7-8-15(18-10-12)22(20,21)19-11-14-5-2-4-13-6-3-9-17-16(13)14;1-12-5-6-16(18-9-12)22(20,21)19-11-14-4-2-3-13-10-17-8-7-15(13)14/h2*2-11H,1H3. The second-order valence-electron chi connectivity index (χ2n) is 9.63. The van der Waals surface area contributed by atoms with Crippen molar-refractivity contribution in [3.05, 3.63) is 132 Å². The van der Waals surface area contributed by atoms with E-state index >= 15 is 0 Å². The number of aryl methyl sites for hydroxylation is 2. The minimum absolute atomic E-state index is 0.0590. The van der Waals surface area contributed by atoms with Crippen LogP contribution in [0.25, 0.3) is 21.7 Å². The monoisotopic (exact) mass is 622 g/mol. The topological polar surface area (TPSA) is 145 Å². The zero-order valence-corrected chi connectivity index (χ0v) is 25.3. The van der Waals surface area contributed by atoms with Crippen LogP contribution in [-0.2, 0) is 20.0 Å². The van der Waals surface area contributed by atoms with E-state index in [1.165, 1.54) is 37.0 Å². The fourth-order valence-corrected chi connectivity index (χ4v) is 5.64. The van der Waals surface area contributed by atoms with E-state index in [-0.39, 0.29) is 10.1 Å². The van der Waals surface area contributed by atoms with Crippen LogP contribution in [0.3, 0.4) is 0 Å². The highest BCUT2D eigenvalue weighted by atomic mass is 32.2. The Kier molecular flexibility index (Phi) is 8.93. The molecular weight excluding hydrogens is 597 g/mol. The second-order valence-corrected chi connectivity index (χ2v) is 12.8. The van der Waals surface area contributed by atoms with E-state index in [0.717, 1.165) is 32.8 Å². The molecule has 0 spiro atoms. The maximum atomic E-state index is 12.2. The lowest BCUT2D eigenvalue weighted by Gasteiger charge is -2.01. The van der Waals surface area contributed by atoms with Gasteiger partial charge in [0.05, 0.1) is 5.52 Å². The number of hydrogen-bond donors (Lipinski definition) is 0. The van der Waals surface area contributed by atoms with E-state index in [1.54, 1.807) is 36.8 Å². The average molecular weight is 623 g/mol. The smallest absolute Gasteiger partial charge is 0.264 e. The number of aromatic nitrogens is 4. The van der Waals surface area contributed by atoms with Gasteiger partial charge in [-0.3, -0.25) is 9.97 Å². The Labute approximate surface area is 255 Å². The van der Waals surface area contributed by atoms with Gasteiger partial charge in [0.25, 0.3) is 20.0 Å². The van der Waals surface area contributed by atoms with Crippen molar-refractivity contribution in [2.45, 2.75) is 23.9 Å². The van der Waals surface area contributed by atoms with E-state index in [9.17, 15) is 16.8 Å². The van der Waals surface area contributed by atoms with Crippen molar-refractivity contribution in [1.82, 2.24) is 19.9 Å². The van der Waals surface area contributed by atoms with E-state index in [2.05, 4.69) is 28.7 Å². The van der Waals surface area contributed by atoms with Gasteiger partial charge in [0, 0.05) is 65.3 Å². The van der Waals surface area contributed by atoms with Gasteiger partial charge in [-0.15, -0.1) is 0 Å². The highest BCUT2D eigenvalue weighted by molar-refractivity contribution is 7.90. The summed E-state index contributed by atoms with van der Waals surface area (Å²) in [7, 11) is -7.61. The number of fused-ring (bicyclic) bond motifs is 2. The Morgan fingerprint density at radius 2 is 1.14 bits per heavy atom. The molecular formula is C32H26N6O4S2. The average Bonchev–Trinajstić information content (AvgIpc) is 3.03. The Bertz CT molecular complexity index is 2050. The summed E-state index contributed by atoms with van der Waals surface area (Å²) >= 11 is 0. The molecule has 0 saturated heterocycles. The third-order valence-electron chi connectivity index (χ3n) is 6.34. The van der Waals surface area contributed by atoms with Gasteiger partial charge in [-0.2, -0.15) is 25.6 Å². The normalized spacial score (nSPS) is 12.0. The van der Waals surface area contributed by atoms with Gasteiger partial charge in [-0.05, 0) is 54.6 Å². The molecule has 220 valence electrons. The molecule has 44 heavy (non-hydrogen) atoms. The van der Waals surface area contributed by atoms with Crippen LogP contribution in [-0.4, -0.2) is 49.2 Å². The summed E-state index contributed by atoms with van der Waals surface area (Å²) in [5.74, 6) is 0. The fraction of sp³-hybridized carbons (Fsp3) is 0.0625. The lowest BCUT2D eigenvalue weighted by molar-refractivity contribution is 0.592. The summed E-state index contributed by atoms with van der Waals surface area (Å²) in [6.45, 7) is 3.69. The predicted octanol–water partition coefficient (Wildman–Crippen LogP) is 5.49. The lowest BCUT2D eigenvalue weighted by atomic mass is 10.1. The van der Waals surface area contributed by atoms with Crippen molar-refractivity contribution in [2.75, 3.05) is 0 Å². The molecule has 0 bridgehead atoms. The van der Waals surface area contributed by atoms with Crippen LogP contribution in [0.5, 0.6) is 0 Å². The summed E-state index contributed by atoms with van der Waals surface area (Å²) in [6, 6.07) is 22.9. The van der Waals surface area contributed by atoms with Crippen LogP contribution in [0.15, 0.2) is 129 Å². The van der Waals surface area contributed by atoms with Gasteiger partial charge in [-0.1, -0.05) is 54.6 Å². The summed E-state index contributed by atoms with van der Waals surface area (Å²) in [5, 5.41) is 2.63. The molecule has 4 heterocycles. The third kappa shape index (κ3) is 7.22. The molecule has 0 radical (unpaired) electrons. The molecule has 6 aromatic rings. The molecule has 0 amide bonds. The molecule has 4 aromatic heterocycles. The van der Waals surface area contributed by atoms with Crippen molar-refractivity contribution >= 4 is 54.2 Å². The van der Waals surface area contributed by atoms with E-state index in [4.69, 9.17) is 0 Å². The molecule has 10 nitrogen and oxygen atoms in total. The molecule has 0 fully saturated rings. The van der Waals surface area contributed by atoms with Crippen LogP contribution in [0.2, 0.25) is 0 Å². The van der Waals surface area contributed by atoms with Crippen LogP contribution < -0.4 is 0 Å². The number of rotatable bonds is 6. The fourth-order valence-electron chi connectivity index (χ4n) is 4.07. The Morgan fingerprint density at radius 3 is 1.75 bits per heavy atom. The Morgan fingerprint density at radius 1 is 0.568 bits per heavy atom. The molecule has 0 aliphatic heterocycles. The van der Waals surface area contributed by atoms with Gasteiger partial charge in [0.15, 0.2) is 10.1 Å². The summed E-state index contributed by atoms with van der Waals surface area (Å²) in [6.07, 6.45) is 10.7. The van der Waals surface area contributed by atoms with Crippen molar-refractivity contribution in [3.63, 3.8) is 0 Å². The molecule has 0 aliphatic rings. The van der Waals surface area contributed by atoms with E-state index in [1.807, 2.05) is 62.4 Å². The first-order valence-corrected chi connectivity index (χ1v) is 16.1. The number of hydrogen-bond acceptors (Lipinski definition) is 8. The molecule has 6 rings (SSSR count). The molecule has 0 atom stereocenters. The van der Waals surface area contributed by atoms with Crippen LogP contribution in [0.1, 0.15) is 22.3 Å². The highest BCUT2D eigenvalue weighted by Gasteiger charge is 2.14. The molecule has 0 saturated carbocycles. The second kappa shape index (κ2) is 13.0. The van der Waals surface area contributed by atoms with E-state index in [0.29, 0.717) is 11.1 Å². The lowest BCUT2D eigenvalue weighted by Crippen LogP contribution is -2.01. The summed E-state index contributed by atoms with van der Waals surface area (Å²) < 4.78 is 56.2. The SMILES string of the molecule is Cc1ccc(S(=O)(=O)N=Cc2cccc3cccnc23)nc1.Cc1ccc(S(=O)(=O)N=Cc2cccc3cnccc23)nc1. The number of benzene rings is 2. The Balaban J connectivity index is 0.000000175. The maximum Gasteiger partial charge on any atom is 0.299 e. The molecule has 0 unspecified atom stereocenters. The van der Waals surface area contributed by atoms with E-state index < -0.39 is 20.0 Å². The number of nitrogens with zero attached hydrogens (tertiary/aromatic N) is 6. The quantitative estimate of drug-likeness (QED) is 0.222. The molecule has 2 aromatic carbocycles. The largest absolute Gasteiger partial charge is 0.299 e. The first kappa shape index (κ1) is 30.3. The summed E-state index contributed by atoms with van der Waals surface area (Å²) in [4.78, 5) is 16.1. The first-order chi connectivity index (χ1) is 21.1. The first-order valence-electron chi connectivity index (χ1n) is 13.2. The predicted molar refractivity (Wildman–Crippen MR) is 171 cm³/mol. The zero-order valence-electron chi connectivity index (χ0n) is 23.7. The van der Waals surface area contributed by atoms with Crippen molar-refractivity contribution in [2.24, 2.45) is 8.80 Å². The Hall–Kier alpha value is -5.20. The third-order valence-corrected chi connectivity index (χ3v) is 8.64.